The molecular weight excluding hydrogens is 497 g/mol. The second-order valence-corrected chi connectivity index (χ2v) is 11.1. The number of benzene rings is 1. The van der Waals surface area contributed by atoms with Crippen molar-refractivity contribution in [1.82, 2.24) is 15.5 Å². The molecule has 208 valence electrons. The second kappa shape index (κ2) is 10.9. The van der Waals surface area contributed by atoms with Crippen LogP contribution in [0.2, 0.25) is 0 Å². The fourth-order valence-corrected chi connectivity index (χ4v) is 5.73. The van der Waals surface area contributed by atoms with Crippen LogP contribution in [0.25, 0.3) is 0 Å². The maximum Gasteiger partial charge on any atom is 0.310 e. The predicted octanol–water partition coefficient (Wildman–Crippen LogP) is 2.15. The number of cyclic esters (lactones) is 1. The summed E-state index contributed by atoms with van der Waals surface area (Å²) in [5.41, 5.74) is -0.979. The standard InChI is InChI=1S/C27H36FN3O7/c1-6-37-26-17(13-19(32)38-26)29-24(34)21-14-10-11-15(12-14)31(21)25(35)22(27(2,3)4)30-23(33)16-8-7-9-18(36-5)20(16)28/h7-9,14-15,17,21-22,26H,6,10-13H2,1-5H3,(H,29,34)(H,30,33)/t14-,15?,17-,21-,22+,26+/m0/s1. The number of nitrogens with zero attached hydrogens (tertiary/aromatic N) is 1. The minimum absolute atomic E-state index is 0.0159. The molecule has 2 N–H and O–H groups in total. The van der Waals surface area contributed by atoms with Crippen LogP contribution in [0.4, 0.5) is 4.39 Å². The van der Waals surface area contributed by atoms with E-state index in [4.69, 9.17) is 14.2 Å². The SMILES string of the molecule is CCO[C@@H]1OC(=O)C[C@@H]1NC(=O)[C@@H]1[C@H]2CCC(C2)N1C(=O)[C@@H](NC(=O)c1cccc(OC)c1F)C(C)(C)C. The molecule has 2 heterocycles. The smallest absolute Gasteiger partial charge is 0.310 e. The number of fused-ring (bicyclic) bond motifs is 2. The third-order valence-corrected chi connectivity index (χ3v) is 7.55. The molecule has 4 rings (SSSR count). The molecule has 2 bridgehead atoms. The molecule has 1 unspecified atom stereocenters. The zero-order chi connectivity index (χ0) is 27.8. The normalized spacial score (nSPS) is 27.2. The molecule has 2 saturated heterocycles. The zero-order valence-corrected chi connectivity index (χ0v) is 22.4. The highest BCUT2D eigenvalue weighted by Gasteiger charge is 2.54. The minimum atomic E-state index is -1.03. The van der Waals surface area contributed by atoms with Gasteiger partial charge < -0.3 is 29.7 Å². The van der Waals surface area contributed by atoms with Crippen LogP contribution in [-0.2, 0) is 23.9 Å². The van der Waals surface area contributed by atoms with Gasteiger partial charge in [-0.15, -0.1) is 0 Å². The van der Waals surface area contributed by atoms with Crippen molar-refractivity contribution in [1.29, 1.82) is 0 Å². The van der Waals surface area contributed by atoms with Gasteiger partial charge >= 0.3 is 5.97 Å². The van der Waals surface area contributed by atoms with Crippen molar-refractivity contribution >= 4 is 23.7 Å². The molecule has 0 spiro atoms. The lowest BCUT2D eigenvalue weighted by Crippen LogP contribution is -2.62. The lowest BCUT2D eigenvalue weighted by atomic mass is 9.84. The van der Waals surface area contributed by atoms with Gasteiger partial charge in [-0.1, -0.05) is 26.8 Å². The van der Waals surface area contributed by atoms with Gasteiger partial charge in [-0.05, 0) is 49.7 Å². The molecule has 0 radical (unpaired) electrons. The van der Waals surface area contributed by atoms with E-state index < -0.39 is 53.4 Å². The second-order valence-electron chi connectivity index (χ2n) is 11.1. The molecule has 1 saturated carbocycles. The van der Waals surface area contributed by atoms with Gasteiger partial charge in [0.25, 0.3) is 5.91 Å². The summed E-state index contributed by atoms with van der Waals surface area (Å²) in [5, 5.41) is 5.59. The predicted molar refractivity (Wildman–Crippen MR) is 133 cm³/mol. The number of hydrogen-bond donors (Lipinski definition) is 2. The Balaban J connectivity index is 1.56. The fourth-order valence-electron chi connectivity index (χ4n) is 5.73. The van der Waals surface area contributed by atoms with Crippen molar-refractivity contribution in [2.24, 2.45) is 11.3 Å². The Morgan fingerprint density at radius 1 is 1.24 bits per heavy atom. The molecule has 6 atom stereocenters. The molecule has 11 heteroatoms. The summed E-state index contributed by atoms with van der Waals surface area (Å²) in [6.45, 7) is 7.48. The molecule has 3 amide bonds. The first-order valence-corrected chi connectivity index (χ1v) is 13.0. The number of halogens is 1. The Morgan fingerprint density at radius 2 is 1.97 bits per heavy atom. The highest BCUT2D eigenvalue weighted by Crippen LogP contribution is 2.44. The van der Waals surface area contributed by atoms with Crippen LogP contribution in [0.15, 0.2) is 18.2 Å². The van der Waals surface area contributed by atoms with Gasteiger partial charge in [0.05, 0.1) is 19.1 Å². The first-order valence-electron chi connectivity index (χ1n) is 13.0. The van der Waals surface area contributed by atoms with E-state index in [2.05, 4.69) is 10.6 Å². The molecule has 2 aliphatic heterocycles. The van der Waals surface area contributed by atoms with E-state index in [0.717, 1.165) is 12.8 Å². The summed E-state index contributed by atoms with van der Waals surface area (Å²) in [6, 6.07) is 1.64. The van der Waals surface area contributed by atoms with E-state index in [9.17, 15) is 23.6 Å². The number of hydrogen-bond acceptors (Lipinski definition) is 7. The quantitative estimate of drug-likeness (QED) is 0.491. The van der Waals surface area contributed by atoms with Gasteiger partial charge in [0.1, 0.15) is 18.1 Å². The zero-order valence-electron chi connectivity index (χ0n) is 22.4. The van der Waals surface area contributed by atoms with Crippen molar-refractivity contribution in [3.63, 3.8) is 0 Å². The molecule has 1 aromatic carbocycles. The molecule has 3 fully saturated rings. The largest absolute Gasteiger partial charge is 0.494 e. The minimum Gasteiger partial charge on any atom is -0.494 e. The summed E-state index contributed by atoms with van der Waals surface area (Å²) in [7, 11) is 1.30. The van der Waals surface area contributed by atoms with E-state index in [0.29, 0.717) is 13.0 Å². The molecule has 0 aromatic heterocycles. The molecule has 3 aliphatic rings. The maximum absolute atomic E-state index is 14.8. The third-order valence-electron chi connectivity index (χ3n) is 7.55. The number of ether oxygens (including phenoxy) is 3. The van der Waals surface area contributed by atoms with Gasteiger partial charge in [0.15, 0.2) is 11.6 Å². The first-order chi connectivity index (χ1) is 18.0. The average Bonchev–Trinajstić information content (AvgIpc) is 3.56. The van der Waals surface area contributed by atoms with Crippen molar-refractivity contribution in [3.8, 4) is 5.75 Å². The van der Waals surface area contributed by atoms with Crippen molar-refractivity contribution in [3.05, 3.63) is 29.6 Å². The van der Waals surface area contributed by atoms with E-state index >= 15 is 0 Å². The molecule has 1 aliphatic carbocycles. The van der Waals surface area contributed by atoms with Gasteiger partial charge in [0.2, 0.25) is 18.1 Å². The number of likely N-dealkylation sites (tertiary alicyclic amines) is 1. The number of amides is 3. The monoisotopic (exact) mass is 533 g/mol. The van der Waals surface area contributed by atoms with Gasteiger partial charge in [-0.2, -0.15) is 0 Å². The molecular formula is C27H36FN3O7. The third kappa shape index (κ3) is 5.34. The number of methoxy groups -OCH3 is 1. The van der Waals surface area contributed by atoms with Crippen LogP contribution in [-0.4, -0.2) is 72.8 Å². The molecule has 38 heavy (non-hydrogen) atoms. The highest BCUT2D eigenvalue weighted by molar-refractivity contribution is 5.99. The summed E-state index contributed by atoms with van der Waals surface area (Å²) in [5.74, 6) is -2.93. The summed E-state index contributed by atoms with van der Waals surface area (Å²) < 4.78 is 30.4. The molecule has 10 nitrogen and oxygen atoms in total. The lowest BCUT2D eigenvalue weighted by molar-refractivity contribution is -0.165. The van der Waals surface area contributed by atoms with Gasteiger partial charge in [-0.3, -0.25) is 19.2 Å². The number of carbonyl (C=O) groups is 4. The van der Waals surface area contributed by atoms with Crippen molar-refractivity contribution < 1.29 is 37.8 Å². The fraction of sp³-hybridized carbons (Fsp3) is 0.630. The van der Waals surface area contributed by atoms with E-state index in [1.807, 2.05) is 0 Å². The Hall–Kier alpha value is -3.21. The van der Waals surface area contributed by atoms with E-state index in [-0.39, 0.29) is 35.6 Å². The number of rotatable bonds is 8. The Kier molecular flexibility index (Phi) is 7.96. The van der Waals surface area contributed by atoms with Crippen LogP contribution >= 0.6 is 0 Å². The Bertz CT molecular complexity index is 1100. The number of carbonyl (C=O) groups excluding carboxylic acids is 4. The Labute approximate surface area is 221 Å². The number of esters is 1. The van der Waals surface area contributed by atoms with Crippen LogP contribution in [0.1, 0.15) is 63.7 Å². The number of nitrogens with one attached hydrogen (secondary N) is 2. The van der Waals surface area contributed by atoms with Crippen molar-refractivity contribution in [2.45, 2.75) is 83.8 Å². The van der Waals surface area contributed by atoms with E-state index in [1.54, 1.807) is 32.6 Å². The Morgan fingerprint density at radius 3 is 2.63 bits per heavy atom. The lowest BCUT2D eigenvalue weighted by Gasteiger charge is -2.40. The van der Waals surface area contributed by atoms with Crippen LogP contribution in [0.5, 0.6) is 5.75 Å². The topological polar surface area (TPSA) is 123 Å². The average molecular weight is 534 g/mol. The summed E-state index contributed by atoms with van der Waals surface area (Å²) in [4.78, 5) is 54.1. The van der Waals surface area contributed by atoms with E-state index in [1.165, 1.54) is 25.3 Å². The summed E-state index contributed by atoms with van der Waals surface area (Å²) >= 11 is 0. The first kappa shape index (κ1) is 27.8. The van der Waals surface area contributed by atoms with Crippen LogP contribution in [0, 0.1) is 17.2 Å². The van der Waals surface area contributed by atoms with Crippen molar-refractivity contribution in [2.75, 3.05) is 13.7 Å². The molecule has 1 aromatic rings. The highest BCUT2D eigenvalue weighted by atomic mass is 19.1. The van der Waals surface area contributed by atoms with Gasteiger partial charge in [-0.25, -0.2) is 4.39 Å². The summed E-state index contributed by atoms with van der Waals surface area (Å²) in [6.07, 6.45) is 1.33. The van der Waals surface area contributed by atoms with Crippen LogP contribution < -0.4 is 15.4 Å². The number of piperidine rings is 1. The van der Waals surface area contributed by atoms with Gasteiger partial charge in [0, 0.05) is 12.6 Å². The van der Waals surface area contributed by atoms with Crippen LogP contribution in [0.3, 0.4) is 0 Å². The maximum atomic E-state index is 14.8.